The van der Waals surface area contributed by atoms with Crippen LogP contribution in [-0.4, -0.2) is 35.5 Å². The molecule has 2 aromatic rings. The molecular weight excluding hydrogens is 376 g/mol. The highest BCUT2D eigenvalue weighted by atomic mass is 16.5. The lowest BCUT2D eigenvalue weighted by Gasteiger charge is -2.26. The zero-order valence-electron chi connectivity index (χ0n) is 14.9. The summed E-state index contributed by atoms with van der Waals surface area (Å²) in [7, 11) is 0. The Morgan fingerprint density at radius 2 is 1.76 bits per heavy atom. The fourth-order valence-electron chi connectivity index (χ4n) is 2.60. The molecule has 1 fully saturated rings. The van der Waals surface area contributed by atoms with E-state index in [2.05, 4.69) is 11.2 Å². The highest BCUT2D eigenvalue weighted by Crippen LogP contribution is 2.23. The van der Waals surface area contributed by atoms with Gasteiger partial charge in [0.25, 0.3) is 11.8 Å². The Bertz CT molecular complexity index is 1060. The van der Waals surface area contributed by atoms with Crippen molar-refractivity contribution in [3.8, 4) is 18.1 Å². The summed E-state index contributed by atoms with van der Waals surface area (Å²) < 4.78 is 5.26. The van der Waals surface area contributed by atoms with Gasteiger partial charge in [0.2, 0.25) is 0 Å². The van der Waals surface area contributed by atoms with E-state index in [9.17, 15) is 19.2 Å². The number of nitrogens with zero attached hydrogens (tertiary/aromatic N) is 1. The lowest BCUT2D eigenvalue weighted by atomic mass is 10.1. The lowest BCUT2D eigenvalue weighted by molar-refractivity contribution is -0.122. The number of urea groups is 1. The molecule has 0 spiro atoms. The maximum Gasteiger partial charge on any atom is 0.335 e. The number of hydrogen-bond donors (Lipinski definition) is 2. The molecule has 1 aliphatic rings. The molecule has 0 atom stereocenters. The number of nitrogens with one attached hydrogen (secondary N) is 1. The maximum absolute atomic E-state index is 12.8. The highest BCUT2D eigenvalue weighted by Gasteiger charge is 2.36. The molecular formula is C21H14N2O6. The molecule has 144 valence electrons. The summed E-state index contributed by atoms with van der Waals surface area (Å²) in [6, 6.07) is 10.7. The number of hydrogen-bond acceptors (Lipinski definition) is 5. The van der Waals surface area contributed by atoms with Crippen LogP contribution in [0.3, 0.4) is 0 Å². The first-order chi connectivity index (χ1) is 13.9. The van der Waals surface area contributed by atoms with Crippen LogP contribution in [0.15, 0.2) is 54.1 Å². The Labute approximate surface area is 165 Å². The van der Waals surface area contributed by atoms with Crippen LogP contribution in [0.2, 0.25) is 0 Å². The van der Waals surface area contributed by atoms with Crippen LogP contribution < -0.4 is 15.0 Å². The minimum Gasteiger partial charge on any atom is -0.481 e. The van der Waals surface area contributed by atoms with Crippen molar-refractivity contribution in [1.82, 2.24) is 5.32 Å². The Kier molecular flexibility index (Phi) is 5.42. The molecule has 3 rings (SSSR count). The third-order valence-electron chi connectivity index (χ3n) is 3.99. The first-order valence-electron chi connectivity index (χ1n) is 8.32. The lowest BCUT2D eigenvalue weighted by Crippen LogP contribution is -2.54. The minimum absolute atomic E-state index is 0.00222. The van der Waals surface area contributed by atoms with Crippen LogP contribution in [0.5, 0.6) is 5.75 Å². The number of rotatable bonds is 5. The van der Waals surface area contributed by atoms with Gasteiger partial charge in [0.1, 0.15) is 17.9 Å². The molecule has 29 heavy (non-hydrogen) atoms. The number of terminal acetylenes is 1. The summed E-state index contributed by atoms with van der Waals surface area (Å²) in [6.45, 7) is 0.110. The number of amides is 4. The van der Waals surface area contributed by atoms with Crippen LogP contribution in [0.25, 0.3) is 6.08 Å². The SMILES string of the molecule is C#CCOc1ccc(/C=C2\C(=O)NC(=O)N(c3ccc(C(=O)O)cc3)C2=O)cc1. The number of aromatic carboxylic acids is 1. The Morgan fingerprint density at radius 3 is 2.34 bits per heavy atom. The van der Waals surface area contributed by atoms with Gasteiger partial charge in [-0.05, 0) is 48.0 Å². The van der Waals surface area contributed by atoms with E-state index in [1.54, 1.807) is 24.3 Å². The molecule has 8 nitrogen and oxygen atoms in total. The smallest absolute Gasteiger partial charge is 0.335 e. The van der Waals surface area contributed by atoms with Gasteiger partial charge >= 0.3 is 12.0 Å². The van der Waals surface area contributed by atoms with Gasteiger partial charge in [-0.3, -0.25) is 14.9 Å². The second-order valence-electron chi connectivity index (χ2n) is 5.87. The fraction of sp³-hybridized carbons (Fsp3) is 0.0476. The van der Waals surface area contributed by atoms with Crippen LogP contribution in [-0.2, 0) is 9.59 Å². The molecule has 0 saturated carbocycles. The summed E-state index contributed by atoms with van der Waals surface area (Å²) >= 11 is 0. The number of carboxylic acid groups (broad SMARTS) is 1. The Morgan fingerprint density at radius 1 is 1.10 bits per heavy atom. The molecule has 0 unspecified atom stereocenters. The van der Waals surface area contributed by atoms with Gasteiger partial charge < -0.3 is 9.84 Å². The number of carbonyl (C=O) groups excluding carboxylic acids is 3. The van der Waals surface area contributed by atoms with Gasteiger partial charge in [0, 0.05) is 0 Å². The molecule has 2 N–H and O–H groups in total. The van der Waals surface area contributed by atoms with Gasteiger partial charge in [0.05, 0.1) is 11.3 Å². The monoisotopic (exact) mass is 390 g/mol. The van der Waals surface area contributed by atoms with Crippen LogP contribution in [0.4, 0.5) is 10.5 Å². The molecule has 1 saturated heterocycles. The molecule has 8 heteroatoms. The van der Waals surface area contributed by atoms with E-state index in [1.807, 2.05) is 0 Å². The second kappa shape index (κ2) is 8.10. The third kappa shape index (κ3) is 4.14. The molecule has 0 bridgehead atoms. The topological polar surface area (TPSA) is 113 Å². The van der Waals surface area contributed by atoms with Gasteiger partial charge in [-0.25, -0.2) is 14.5 Å². The van der Waals surface area contributed by atoms with Crippen LogP contribution in [0, 0.1) is 12.3 Å². The standard InChI is InChI=1S/C21H14N2O6/c1-2-11-29-16-9-3-13(4-10-16)12-17-18(24)22-21(28)23(19(17)25)15-7-5-14(6-8-15)20(26)27/h1,3-10,12H,11H2,(H,26,27)(H,22,24,28)/b17-12+. The molecule has 0 aliphatic carbocycles. The van der Waals surface area contributed by atoms with E-state index < -0.39 is 23.8 Å². The zero-order chi connectivity index (χ0) is 21.0. The van der Waals surface area contributed by atoms with Crippen LogP contribution >= 0.6 is 0 Å². The predicted molar refractivity (Wildman–Crippen MR) is 103 cm³/mol. The van der Waals surface area contributed by atoms with Crippen LogP contribution in [0.1, 0.15) is 15.9 Å². The number of imide groups is 2. The van der Waals surface area contributed by atoms with Crippen molar-refractivity contribution in [3.63, 3.8) is 0 Å². The molecule has 0 aromatic heterocycles. The predicted octanol–water partition coefficient (Wildman–Crippen LogP) is 2.06. The first-order valence-corrected chi connectivity index (χ1v) is 8.32. The quantitative estimate of drug-likeness (QED) is 0.459. The van der Waals surface area contributed by atoms with E-state index >= 15 is 0 Å². The Hall–Kier alpha value is -4.38. The number of anilines is 1. The van der Waals surface area contributed by atoms with Crippen molar-refractivity contribution < 1.29 is 29.0 Å². The normalized spacial score (nSPS) is 15.1. The van der Waals surface area contributed by atoms with Gasteiger partial charge in [0.15, 0.2) is 0 Å². The molecule has 1 heterocycles. The summed E-state index contributed by atoms with van der Waals surface area (Å²) in [5.74, 6) is 0.0737. The van der Waals surface area contributed by atoms with E-state index in [1.165, 1.54) is 30.3 Å². The van der Waals surface area contributed by atoms with Crippen molar-refractivity contribution in [2.24, 2.45) is 0 Å². The van der Waals surface area contributed by atoms with E-state index in [0.717, 1.165) is 4.90 Å². The molecule has 2 aromatic carbocycles. The number of barbiturate groups is 1. The average molecular weight is 390 g/mol. The third-order valence-corrected chi connectivity index (χ3v) is 3.99. The summed E-state index contributed by atoms with van der Waals surface area (Å²) in [4.78, 5) is 48.9. The highest BCUT2D eigenvalue weighted by molar-refractivity contribution is 6.39. The molecule has 4 amide bonds. The van der Waals surface area contributed by atoms with Crippen molar-refractivity contribution in [2.75, 3.05) is 11.5 Å². The summed E-state index contributed by atoms with van der Waals surface area (Å²) in [6.07, 6.45) is 6.47. The van der Waals surface area contributed by atoms with Crippen molar-refractivity contribution in [1.29, 1.82) is 0 Å². The minimum atomic E-state index is -1.14. The average Bonchev–Trinajstić information content (AvgIpc) is 2.70. The number of ether oxygens (including phenoxy) is 1. The van der Waals surface area contributed by atoms with Gasteiger partial charge in [-0.15, -0.1) is 6.42 Å². The van der Waals surface area contributed by atoms with Gasteiger partial charge in [-0.2, -0.15) is 0 Å². The number of carbonyl (C=O) groups is 4. The Balaban J connectivity index is 1.89. The molecule has 0 radical (unpaired) electrons. The number of benzene rings is 2. The number of carboxylic acids is 1. The molecule has 1 aliphatic heterocycles. The second-order valence-corrected chi connectivity index (χ2v) is 5.87. The van der Waals surface area contributed by atoms with E-state index in [-0.39, 0.29) is 23.4 Å². The maximum atomic E-state index is 12.8. The van der Waals surface area contributed by atoms with Crippen molar-refractivity contribution >= 4 is 35.6 Å². The first kappa shape index (κ1) is 19.4. The zero-order valence-corrected chi connectivity index (χ0v) is 14.9. The fourth-order valence-corrected chi connectivity index (χ4v) is 2.60. The summed E-state index contributed by atoms with van der Waals surface area (Å²) in [5.41, 5.74) is 0.419. The van der Waals surface area contributed by atoms with Gasteiger partial charge in [-0.1, -0.05) is 18.1 Å². The van der Waals surface area contributed by atoms with Crippen molar-refractivity contribution in [3.05, 3.63) is 65.2 Å². The van der Waals surface area contributed by atoms with E-state index in [0.29, 0.717) is 11.3 Å². The summed E-state index contributed by atoms with van der Waals surface area (Å²) in [5, 5.41) is 11.1. The van der Waals surface area contributed by atoms with Crippen molar-refractivity contribution in [2.45, 2.75) is 0 Å². The largest absolute Gasteiger partial charge is 0.481 e. The van der Waals surface area contributed by atoms with E-state index in [4.69, 9.17) is 16.3 Å².